The van der Waals surface area contributed by atoms with E-state index < -0.39 is 0 Å². The van der Waals surface area contributed by atoms with E-state index in [0.717, 1.165) is 38.2 Å². The molecule has 0 atom stereocenters. The van der Waals surface area contributed by atoms with Crippen LogP contribution in [0, 0.1) is 0 Å². The molecule has 19 heavy (non-hydrogen) atoms. The first-order chi connectivity index (χ1) is 9.20. The van der Waals surface area contributed by atoms with Crippen LogP contribution in [-0.4, -0.2) is 23.0 Å². The lowest BCUT2D eigenvalue weighted by Gasteiger charge is -2.19. The Bertz CT molecular complexity index is 536. The predicted octanol–water partition coefficient (Wildman–Crippen LogP) is 1.91. The molecule has 1 aliphatic rings. The number of nitrogens with two attached hydrogens (primary N) is 2. The van der Waals surface area contributed by atoms with E-state index in [1.165, 1.54) is 16.1 Å². The van der Waals surface area contributed by atoms with E-state index in [-0.39, 0.29) is 0 Å². The quantitative estimate of drug-likeness (QED) is 0.821. The summed E-state index contributed by atoms with van der Waals surface area (Å²) in [5.74, 6) is 0. The molecule has 0 amide bonds. The van der Waals surface area contributed by atoms with Crippen molar-refractivity contribution in [3.05, 3.63) is 40.4 Å². The zero-order valence-electron chi connectivity index (χ0n) is 10.8. The van der Waals surface area contributed by atoms with Crippen LogP contribution >= 0.6 is 11.3 Å². The van der Waals surface area contributed by atoms with E-state index in [4.69, 9.17) is 11.5 Å². The Balaban J connectivity index is 1.65. The van der Waals surface area contributed by atoms with Crippen LogP contribution in [-0.2, 0) is 19.4 Å². The van der Waals surface area contributed by atoms with Crippen molar-refractivity contribution in [2.24, 2.45) is 0 Å². The topological polar surface area (TPSA) is 68.2 Å². The average Bonchev–Trinajstić information content (AvgIpc) is 2.66. The number of rotatable bonds is 2. The Morgan fingerprint density at radius 2 is 1.84 bits per heavy atom. The first-order valence-electron chi connectivity index (χ1n) is 6.51. The van der Waals surface area contributed by atoms with Crippen molar-refractivity contribution in [2.75, 3.05) is 24.6 Å². The van der Waals surface area contributed by atoms with Crippen LogP contribution in [0.25, 0.3) is 0 Å². The minimum atomic E-state index is 0.706. The third-order valence-electron chi connectivity index (χ3n) is 3.50. The van der Waals surface area contributed by atoms with Crippen LogP contribution in [0.1, 0.15) is 16.1 Å². The third kappa shape index (κ3) is 2.88. The van der Waals surface area contributed by atoms with Gasteiger partial charge in [-0.1, -0.05) is 12.1 Å². The van der Waals surface area contributed by atoms with Crippen LogP contribution in [0.15, 0.2) is 24.3 Å². The van der Waals surface area contributed by atoms with E-state index in [2.05, 4.69) is 22.0 Å². The highest BCUT2D eigenvalue weighted by atomic mass is 32.1. The molecule has 1 aromatic carbocycles. The first kappa shape index (κ1) is 12.4. The van der Waals surface area contributed by atoms with E-state index in [9.17, 15) is 0 Å². The fourth-order valence-electron chi connectivity index (χ4n) is 2.47. The maximum Gasteiger partial charge on any atom is 0.180 e. The number of benzene rings is 1. The second-order valence-electron chi connectivity index (χ2n) is 4.94. The first-order valence-corrected chi connectivity index (χ1v) is 7.33. The van der Waals surface area contributed by atoms with Gasteiger partial charge in [0, 0.05) is 36.6 Å². The molecule has 100 valence electrons. The summed E-state index contributed by atoms with van der Waals surface area (Å²) in [6.45, 7) is 3.09. The molecule has 2 heterocycles. The fourth-order valence-corrected chi connectivity index (χ4v) is 3.34. The maximum absolute atomic E-state index is 5.76. The van der Waals surface area contributed by atoms with Crippen molar-refractivity contribution in [3.8, 4) is 0 Å². The van der Waals surface area contributed by atoms with Gasteiger partial charge in [-0.25, -0.2) is 4.98 Å². The van der Waals surface area contributed by atoms with Crippen LogP contribution in [0.2, 0.25) is 0 Å². The summed E-state index contributed by atoms with van der Waals surface area (Å²) in [5.41, 5.74) is 14.8. The van der Waals surface area contributed by atoms with Crippen LogP contribution in [0.5, 0.6) is 0 Å². The number of hydrogen-bond acceptors (Lipinski definition) is 5. The van der Waals surface area contributed by atoms with Crippen LogP contribution in [0.3, 0.4) is 0 Å². The van der Waals surface area contributed by atoms with Gasteiger partial charge in [-0.2, -0.15) is 0 Å². The Labute approximate surface area is 117 Å². The number of thiazole rings is 1. The monoisotopic (exact) mass is 274 g/mol. The smallest absolute Gasteiger partial charge is 0.180 e. The highest BCUT2D eigenvalue weighted by Gasteiger charge is 2.17. The van der Waals surface area contributed by atoms with Crippen molar-refractivity contribution in [3.63, 3.8) is 0 Å². The zero-order valence-corrected chi connectivity index (χ0v) is 11.6. The minimum absolute atomic E-state index is 0.706. The molecule has 0 unspecified atom stereocenters. The van der Waals surface area contributed by atoms with Crippen LogP contribution < -0.4 is 11.5 Å². The molecule has 0 saturated carbocycles. The molecule has 0 fully saturated rings. The normalized spacial score (nSPS) is 16.0. The molecular formula is C14H18N4S. The lowest BCUT2D eigenvalue weighted by atomic mass is 10.2. The summed E-state index contributed by atoms with van der Waals surface area (Å²) in [7, 11) is 0. The molecule has 0 radical (unpaired) electrons. The van der Waals surface area contributed by atoms with Gasteiger partial charge in [0.25, 0.3) is 0 Å². The van der Waals surface area contributed by atoms with Gasteiger partial charge in [0.15, 0.2) is 5.13 Å². The zero-order chi connectivity index (χ0) is 13.2. The summed E-state index contributed by atoms with van der Waals surface area (Å²) in [6, 6.07) is 8.14. The van der Waals surface area contributed by atoms with Crippen molar-refractivity contribution in [1.29, 1.82) is 0 Å². The second-order valence-corrected chi connectivity index (χ2v) is 6.05. The number of aromatic nitrogens is 1. The van der Waals surface area contributed by atoms with Gasteiger partial charge in [-0.05, 0) is 24.1 Å². The Morgan fingerprint density at radius 3 is 2.63 bits per heavy atom. The van der Waals surface area contributed by atoms with Gasteiger partial charge >= 0.3 is 0 Å². The summed E-state index contributed by atoms with van der Waals surface area (Å²) in [5, 5.41) is 0.706. The number of fused-ring (bicyclic) bond motifs is 1. The highest BCUT2D eigenvalue weighted by Crippen LogP contribution is 2.24. The predicted molar refractivity (Wildman–Crippen MR) is 80.1 cm³/mol. The van der Waals surface area contributed by atoms with Gasteiger partial charge in [0.05, 0.1) is 5.69 Å². The Morgan fingerprint density at radius 1 is 1.11 bits per heavy atom. The minimum Gasteiger partial charge on any atom is -0.399 e. The molecule has 4 N–H and O–H groups in total. The van der Waals surface area contributed by atoms with Crippen molar-refractivity contribution >= 4 is 22.2 Å². The number of hydrogen-bond donors (Lipinski definition) is 2. The van der Waals surface area contributed by atoms with E-state index in [1.54, 1.807) is 11.3 Å². The van der Waals surface area contributed by atoms with Crippen molar-refractivity contribution in [2.45, 2.75) is 19.4 Å². The summed E-state index contributed by atoms with van der Waals surface area (Å²) in [6.07, 6.45) is 2.05. The van der Waals surface area contributed by atoms with Gasteiger partial charge < -0.3 is 11.5 Å². The summed E-state index contributed by atoms with van der Waals surface area (Å²) < 4.78 is 0. The highest BCUT2D eigenvalue weighted by molar-refractivity contribution is 7.15. The van der Waals surface area contributed by atoms with Crippen LogP contribution in [0.4, 0.5) is 10.8 Å². The van der Waals surface area contributed by atoms with Gasteiger partial charge in [0.2, 0.25) is 0 Å². The number of nitrogen functional groups attached to an aromatic ring is 2. The van der Waals surface area contributed by atoms with E-state index in [1.807, 2.05) is 12.1 Å². The number of nitrogens with zero attached hydrogens (tertiary/aromatic N) is 2. The summed E-state index contributed by atoms with van der Waals surface area (Å²) >= 11 is 1.64. The number of anilines is 2. The average molecular weight is 274 g/mol. The van der Waals surface area contributed by atoms with Gasteiger partial charge in [-0.3, -0.25) is 4.90 Å². The SMILES string of the molecule is Nc1ccc(CN2CCc3nc(N)sc3CC2)cc1. The fraction of sp³-hybridized carbons (Fsp3) is 0.357. The molecular weight excluding hydrogens is 256 g/mol. The molecule has 0 aliphatic carbocycles. The van der Waals surface area contributed by atoms with Gasteiger partial charge in [-0.15, -0.1) is 11.3 Å². The van der Waals surface area contributed by atoms with Crippen molar-refractivity contribution in [1.82, 2.24) is 9.88 Å². The molecule has 5 heteroatoms. The Kier molecular flexibility index (Phi) is 3.40. The molecule has 4 nitrogen and oxygen atoms in total. The van der Waals surface area contributed by atoms with E-state index >= 15 is 0 Å². The van der Waals surface area contributed by atoms with E-state index in [0.29, 0.717) is 5.13 Å². The van der Waals surface area contributed by atoms with Crippen molar-refractivity contribution < 1.29 is 0 Å². The molecule has 0 bridgehead atoms. The lowest BCUT2D eigenvalue weighted by molar-refractivity contribution is 0.279. The molecule has 2 aromatic rings. The largest absolute Gasteiger partial charge is 0.399 e. The molecule has 0 spiro atoms. The molecule has 1 aromatic heterocycles. The molecule has 0 saturated heterocycles. The molecule has 3 rings (SSSR count). The van der Waals surface area contributed by atoms with Gasteiger partial charge in [0.1, 0.15) is 0 Å². The summed E-state index contributed by atoms with van der Waals surface area (Å²) in [4.78, 5) is 8.24. The second kappa shape index (κ2) is 5.19. The standard InChI is InChI=1S/C14H18N4S/c15-11-3-1-10(2-4-11)9-18-7-5-12-13(6-8-18)19-14(16)17-12/h1-4H,5-9,15H2,(H2,16,17). The third-order valence-corrected chi connectivity index (χ3v) is 4.49. The lowest BCUT2D eigenvalue weighted by Crippen LogP contribution is -2.26. The maximum atomic E-state index is 5.76. The Hall–Kier alpha value is -1.59. The molecule has 1 aliphatic heterocycles.